The van der Waals surface area contributed by atoms with Gasteiger partial charge in [0.15, 0.2) is 0 Å². The van der Waals surface area contributed by atoms with Gasteiger partial charge in [-0.3, -0.25) is 0 Å². The molecule has 0 spiro atoms. The molecule has 5 heteroatoms. The zero-order valence-electron chi connectivity index (χ0n) is 11.0. The van der Waals surface area contributed by atoms with Crippen LogP contribution in [0.1, 0.15) is 0 Å². The van der Waals surface area contributed by atoms with Crippen LogP contribution in [-0.2, 0) is 0 Å². The SMILES string of the molecule is Brc1ccc(-c2[nH]c3ccccc3c2-n2cncn2)cc1. The Morgan fingerprint density at radius 1 is 1.00 bits per heavy atom. The number of rotatable bonds is 2. The zero-order chi connectivity index (χ0) is 14.2. The van der Waals surface area contributed by atoms with Crippen LogP contribution < -0.4 is 0 Å². The van der Waals surface area contributed by atoms with Gasteiger partial charge in [0.1, 0.15) is 12.7 Å². The van der Waals surface area contributed by atoms with E-state index in [1.54, 1.807) is 17.3 Å². The van der Waals surface area contributed by atoms with Crippen LogP contribution in [0.2, 0.25) is 0 Å². The van der Waals surface area contributed by atoms with Gasteiger partial charge in [0, 0.05) is 20.9 Å². The molecule has 2 heterocycles. The summed E-state index contributed by atoms with van der Waals surface area (Å²) in [5.41, 5.74) is 4.25. The van der Waals surface area contributed by atoms with E-state index in [0.29, 0.717) is 0 Å². The lowest BCUT2D eigenvalue weighted by Crippen LogP contribution is -1.95. The first-order valence-corrected chi connectivity index (χ1v) is 7.34. The molecule has 4 rings (SSSR count). The van der Waals surface area contributed by atoms with Crippen molar-refractivity contribution in [1.29, 1.82) is 0 Å². The Labute approximate surface area is 129 Å². The summed E-state index contributed by atoms with van der Waals surface area (Å²) in [6.45, 7) is 0. The van der Waals surface area contributed by atoms with Crippen LogP contribution in [0.5, 0.6) is 0 Å². The summed E-state index contributed by atoms with van der Waals surface area (Å²) in [4.78, 5) is 7.55. The van der Waals surface area contributed by atoms with Gasteiger partial charge in [0.2, 0.25) is 0 Å². The standard InChI is InChI=1S/C16H11BrN4/c17-12-7-5-11(6-8-12)15-16(21-10-18-9-19-21)13-3-1-2-4-14(13)20-15/h1-10,20H. The minimum atomic E-state index is 1.02. The lowest BCUT2D eigenvalue weighted by atomic mass is 10.1. The van der Waals surface area contributed by atoms with E-state index in [9.17, 15) is 0 Å². The largest absolute Gasteiger partial charge is 0.353 e. The van der Waals surface area contributed by atoms with Crippen molar-refractivity contribution < 1.29 is 0 Å². The number of para-hydroxylation sites is 1. The van der Waals surface area contributed by atoms with Crippen LogP contribution >= 0.6 is 15.9 Å². The summed E-state index contributed by atoms with van der Waals surface area (Å²) in [5, 5.41) is 5.41. The van der Waals surface area contributed by atoms with Gasteiger partial charge in [0.05, 0.1) is 11.4 Å². The predicted octanol–water partition coefficient (Wildman–Crippen LogP) is 4.18. The summed E-state index contributed by atoms with van der Waals surface area (Å²) in [6, 6.07) is 16.4. The quantitative estimate of drug-likeness (QED) is 0.596. The van der Waals surface area contributed by atoms with E-state index >= 15 is 0 Å². The molecule has 2 aromatic heterocycles. The van der Waals surface area contributed by atoms with Crippen molar-refractivity contribution in [2.45, 2.75) is 0 Å². The molecule has 102 valence electrons. The Morgan fingerprint density at radius 3 is 2.57 bits per heavy atom. The smallest absolute Gasteiger partial charge is 0.138 e. The average Bonchev–Trinajstić information content (AvgIpc) is 3.14. The normalized spacial score (nSPS) is 11.1. The Balaban J connectivity index is 2.04. The molecule has 0 radical (unpaired) electrons. The second kappa shape index (κ2) is 4.86. The molecule has 0 fully saturated rings. The number of H-pyrrole nitrogens is 1. The van der Waals surface area contributed by atoms with Crippen molar-refractivity contribution in [3.05, 3.63) is 65.7 Å². The van der Waals surface area contributed by atoms with Crippen LogP contribution in [0, 0.1) is 0 Å². The summed E-state index contributed by atoms with van der Waals surface area (Å²) in [7, 11) is 0. The molecule has 21 heavy (non-hydrogen) atoms. The highest BCUT2D eigenvalue weighted by molar-refractivity contribution is 9.10. The molecule has 4 aromatic rings. The predicted molar refractivity (Wildman–Crippen MR) is 86.4 cm³/mol. The summed E-state index contributed by atoms with van der Waals surface area (Å²) < 4.78 is 2.86. The first-order chi connectivity index (χ1) is 10.3. The molecule has 0 amide bonds. The van der Waals surface area contributed by atoms with E-state index in [1.165, 1.54) is 0 Å². The van der Waals surface area contributed by atoms with E-state index in [2.05, 4.69) is 55.3 Å². The molecule has 0 aliphatic rings. The Bertz CT molecular complexity index is 892. The van der Waals surface area contributed by atoms with E-state index < -0.39 is 0 Å². The minimum Gasteiger partial charge on any atom is -0.353 e. The number of hydrogen-bond donors (Lipinski definition) is 1. The highest BCUT2D eigenvalue weighted by Crippen LogP contribution is 2.33. The fourth-order valence-electron chi connectivity index (χ4n) is 2.51. The van der Waals surface area contributed by atoms with E-state index in [1.807, 2.05) is 24.3 Å². The molecule has 0 saturated carbocycles. The zero-order valence-corrected chi connectivity index (χ0v) is 12.6. The van der Waals surface area contributed by atoms with Gasteiger partial charge in [-0.15, -0.1) is 0 Å². The molecule has 0 saturated heterocycles. The number of aromatic nitrogens is 4. The second-order valence-electron chi connectivity index (χ2n) is 4.74. The first kappa shape index (κ1) is 12.3. The molecule has 0 unspecified atom stereocenters. The maximum Gasteiger partial charge on any atom is 0.138 e. The van der Waals surface area contributed by atoms with Crippen LogP contribution in [0.3, 0.4) is 0 Å². The van der Waals surface area contributed by atoms with Crippen molar-refractivity contribution in [2.24, 2.45) is 0 Å². The summed E-state index contributed by atoms with van der Waals surface area (Å²) >= 11 is 3.47. The van der Waals surface area contributed by atoms with E-state index in [-0.39, 0.29) is 0 Å². The molecule has 1 N–H and O–H groups in total. The van der Waals surface area contributed by atoms with Gasteiger partial charge >= 0.3 is 0 Å². The molecule has 0 atom stereocenters. The fraction of sp³-hybridized carbons (Fsp3) is 0. The summed E-state index contributed by atoms with van der Waals surface area (Å²) in [6.07, 6.45) is 3.27. The number of aromatic amines is 1. The molecule has 0 aliphatic heterocycles. The highest BCUT2D eigenvalue weighted by Gasteiger charge is 2.15. The van der Waals surface area contributed by atoms with Gasteiger partial charge in [-0.05, 0) is 18.2 Å². The van der Waals surface area contributed by atoms with Gasteiger partial charge in [-0.25, -0.2) is 9.67 Å². The van der Waals surface area contributed by atoms with Crippen molar-refractivity contribution in [3.63, 3.8) is 0 Å². The molecular formula is C16H11BrN4. The first-order valence-electron chi connectivity index (χ1n) is 6.54. The number of fused-ring (bicyclic) bond motifs is 1. The number of nitrogens with zero attached hydrogens (tertiary/aromatic N) is 3. The minimum absolute atomic E-state index is 1.02. The Morgan fingerprint density at radius 2 is 1.81 bits per heavy atom. The monoisotopic (exact) mass is 338 g/mol. The third-order valence-corrected chi connectivity index (χ3v) is 3.99. The third-order valence-electron chi connectivity index (χ3n) is 3.46. The van der Waals surface area contributed by atoms with E-state index in [0.717, 1.165) is 32.3 Å². The number of halogens is 1. The van der Waals surface area contributed by atoms with Gasteiger partial charge in [-0.1, -0.05) is 46.3 Å². The lowest BCUT2D eigenvalue weighted by Gasteiger charge is -2.05. The highest BCUT2D eigenvalue weighted by atomic mass is 79.9. The van der Waals surface area contributed by atoms with Gasteiger partial charge in [0.25, 0.3) is 0 Å². The van der Waals surface area contributed by atoms with Crippen molar-refractivity contribution >= 4 is 26.8 Å². The van der Waals surface area contributed by atoms with Crippen molar-refractivity contribution in [2.75, 3.05) is 0 Å². The molecule has 0 aliphatic carbocycles. The van der Waals surface area contributed by atoms with E-state index in [4.69, 9.17) is 0 Å². The maximum absolute atomic E-state index is 4.29. The fourth-order valence-corrected chi connectivity index (χ4v) is 2.78. The van der Waals surface area contributed by atoms with Gasteiger partial charge in [-0.2, -0.15) is 5.10 Å². The Hall–Kier alpha value is -2.40. The van der Waals surface area contributed by atoms with Crippen LogP contribution in [0.25, 0.3) is 27.8 Å². The van der Waals surface area contributed by atoms with Crippen molar-refractivity contribution in [3.8, 4) is 16.9 Å². The number of benzene rings is 2. The second-order valence-corrected chi connectivity index (χ2v) is 5.66. The lowest BCUT2D eigenvalue weighted by molar-refractivity contribution is 0.887. The van der Waals surface area contributed by atoms with Gasteiger partial charge < -0.3 is 4.98 Å². The third kappa shape index (κ3) is 2.06. The van der Waals surface area contributed by atoms with Crippen molar-refractivity contribution in [1.82, 2.24) is 19.7 Å². The van der Waals surface area contributed by atoms with Crippen LogP contribution in [0.4, 0.5) is 0 Å². The molecule has 0 bridgehead atoms. The molecule has 2 aromatic carbocycles. The summed E-state index contributed by atoms with van der Waals surface area (Å²) in [5.74, 6) is 0. The van der Waals surface area contributed by atoms with Crippen LogP contribution in [-0.4, -0.2) is 19.7 Å². The topological polar surface area (TPSA) is 46.5 Å². The molecular weight excluding hydrogens is 328 g/mol. The maximum atomic E-state index is 4.29. The number of hydrogen-bond acceptors (Lipinski definition) is 2. The molecule has 4 nitrogen and oxygen atoms in total. The average molecular weight is 339 g/mol. The number of nitrogens with one attached hydrogen (secondary N) is 1. The Kier molecular flexibility index (Phi) is 2.86. The van der Waals surface area contributed by atoms with Crippen LogP contribution in [0.15, 0.2) is 65.7 Å².